The molecular formula is C27H29N3O4. The lowest BCUT2D eigenvalue weighted by Crippen LogP contribution is -2.44. The average Bonchev–Trinajstić information content (AvgIpc) is 2.87. The molecular weight excluding hydrogens is 430 g/mol. The Morgan fingerprint density at radius 3 is 2.47 bits per heavy atom. The molecule has 3 aromatic carbocycles. The number of ether oxygens (including phenoxy) is 1. The van der Waals surface area contributed by atoms with Gasteiger partial charge in [0.1, 0.15) is 12.4 Å². The van der Waals surface area contributed by atoms with Crippen molar-refractivity contribution in [2.45, 2.75) is 18.9 Å². The van der Waals surface area contributed by atoms with Crippen molar-refractivity contribution in [1.29, 1.82) is 0 Å². The van der Waals surface area contributed by atoms with Crippen LogP contribution in [0.25, 0.3) is 16.8 Å². The molecule has 2 amide bonds. The van der Waals surface area contributed by atoms with Crippen LogP contribution in [0.15, 0.2) is 72.3 Å². The van der Waals surface area contributed by atoms with Crippen LogP contribution >= 0.6 is 0 Å². The molecule has 1 fully saturated rings. The topological polar surface area (TPSA) is 90.9 Å². The Kier molecular flexibility index (Phi) is 7.57. The lowest BCUT2D eigenvalue weighted by atomic mass is 10.0. The van der Waals surface area contributed by atoms with Crippen LogP contribution in [-0.4, -0.2) is 54.7 Å². The van der Waals surface area contributed by atoms with Crippen molar-refractivity contribution in [3.63, 3.8) is 0 Å². The third-order valence-corrected chi connectivity index (χ3v) is 6.09. The zero-order valence-corrected chi connectivity index (χ0v) is 19.2. The highest BCUT2D eigenvalue weighted by Crippen LogP contribution is 2.26. The van der Waals surface area contributed by atoms with Crippen LogP contribution in [0.3, 0.4) is 0 Å². The molecule has 7 heteroatoms. The first-order valence-corrected chi connectivity index (χ1v) is 11.4. The molecule has 0 saturated carbocycles. The summed E-state index contributed by atoms with van der Waals surface area (Å²) < 4.78 is 6.13. The van der Waals surface area contributed by atoms with Gasteiger partial charge in [0.2, 0.25) is 0 Å². The largest absolute Gasteiger partial charge is 0.488 e. The predicted octanol–water partition coefficient (Wildman–Crippen LogP) is 3.63. The number of amides is 2. The summed E-state index contributed by atoms with van der Waals surface area (Å²) in [6.45, 7) is 2.00. The summed E-state index contributed by atoms with van der Waals surface area (Å²) in [4.78, 5) is 27.1. The molecule has 1 heterocycles. The zero-order valence-electron chi connectivity index (χ0n) is 19.2. The highest BCUT2D eigenvalue weighted by Gasteiger charge is 2.21. The van der Waals surface area contributed by atoms with Crippen molar-refractivity contribution in [2.24, 2.45) is 0 Å². The maximum atomic E-state index is 13.2. The summed E-state index contributed by atoms with van der Waals surface area (Å²) in [5.74, 6) is -0.0342. The summed E-state index contributed by atoms with van der Waals surface area (Å²) in [6, 6.07) is 20.6. The Morgan fingerprint density at radius 1 is 1.03 bits per heavy atom. The van der Waals surface area contributed by atoms with Gasteiger partial charge in [-0.25, -0.2) is 5.48 Å². The number of rotatable bonds is 7. The molecule has 3 aromatic rings. The number of nitrogens with zero attached hydrogens (tertiary/aromatic N) is 1. The second kappa shape index (κ2) is 11.0. The van der Waals surface area contributed by atoms with E-state index >= 15 is 0 Å². The number of piperidine rings is 1. The highest BCUT2D eigenvalue weighted by molar-refractivity contribution is 5.99. The Balaban J connectivity index is 1.55. The first-order chi connectivity index (χ1) is 16.5. The van der Waals surface area contributed by atoms with Gasteiger partial charge in [-0.1, -0.05) is 48.5 Å². The minimum Gasteiger partial charge on any atom is -0.488 e. The van der Waals surface area contributed by atoms with Crippen molar-refractivity contribution in [2.75, 3.05) is 26.7 Å². The first kappa shape index (κ1) is 23.5. The van der Waals surface area contributed by atoms with Crippen molar-refractivity contribution >= 4 is 28.7 Å². The van der Waals surface area contributed by atoms with Gasteiger partial charge in [-0.3, -0.25) is 14.8 Å². The summed E-state index contributed by atoms with van der Waals surface area (Å²) in [5, 5.41) is 14.0. The summed E-state index contributed by atoms with van der Waals surface area (Å²) in [6.07, 6.45) is 3.59. The maximum Gasteiger partial charge on any atom is 0.274 e. The van der Waals surface area contributed by atoms with E-state index in [0.29, 0.717) is 16.9 Å². The van der Waals surface area contributed by atoms with Gasteiger partial charge in [0.25, 0.3) is 11.8 Å². The van der Waals surface area contributed by atoms with Gasteiger partial charge in [0.05, 0.1) is 5.57 Å². The number of hydrogen-bond donors (Lipinski definition) is 3. The molecule has 1 saturated heterocycles. The number of carbonyl (C=O) groups is 2. The molecule has 0 bridgehead atoms. The summed E-state index contributed by atoms with van der Waals surface area (Å²) >= 11 is 0. The predicted molar refractivity (Wildman–Crippen MR) is 132 cm³/mol. The van der Waals surface area contributed by atoms with E-state index in [1.807, 2.05) is 42.5 Å². The van der Waals surface area contributed by atoms with Crippen LogP contribution in [-0.2, 0) is 4.79 Å². The number of fused-ring (bicyclic) bond motifs is 1. The van der Waals surface area contributed by atoms with Crippen LogP contribution in [0.1, 0.15) is 28.8 Å². The van der Waals surface area contributed by atoms with E-state index in [-0.39, 0.29) is 18.6 Å². The number of carbonyl (C=O) groups excluding carboxylic acids is 2. The molecule has 7 nitrogen and oxygen atoms in total. The molecule has 1 aliphatic heterocycles. The maximum absolute atomic E-state index is 13.2. The Hall–Kier alpha value is -3.68. The fourth-order valence-electron chi connectivity index (χ4n) is 4.08. The third-order valence-electron chi connectivity index (χ3n) is 6.09. The number of likely N-dealkylation sites (tertiary alicyclic amines) is 1. The number of nitrogens with one attached hydrogen (secondary N) is 2. The van der Waals surface area contributed by atoms with Gasteiger partial charge < -0.3 is 15.0 Å². The molecule has 176 valence electrons. The van der Waals surface area contributed by atoms with Crippen molar-refractivity contribution < 1.29 is 19.5 Å². The van der Waals surface area contributed by atoms with Crippen LogP contribution in [0, 0.1) is 0 Å². The van der Waals surface area contributed by atoms with Crippen LogP contribution in [0.5, 0.6) is 5.75 Å². The molecule has 0 unspecified atom stereocenters. The first-order valence-electron chi connectivity index (χ1n) is 11.4. The third kappa shape index (κ3) is 5.81. The van der Waals surface area contributed by atoms with Gasteiger partial charge in [0, 0.05) is 17.0 Å². The molecule has 4 rings (SSSR count). The SMILES string of the molecule is CN1CCC(NC(=O)C(=Cc2ccc(C(=O)NO)cc2)COc2cccc3ccccc23)CC1. The highest BCUT2D eigenvalue weighted by atomic mass is 16.5. The normalized spacial score (nSPS) is 15.2. The van der Waals surface area contributed by atoms with E-state index in [2.05, 4.69) is 17.3 Å². The lowest BCUT2D eigenvalue weighted by Gasteiger charge is -2.29. The second-order valence-electron chi connectivity index (χ2n) is 8.55. The van der Waals surface area contributed by atoms with Gasteiger partial charge in [-0.15, -0.1) is 0 Å². The van der Waals surface area contributed by atoms with E-state index in [1.165, 1.54) is 0 Å². The minimum atomic E-state index is -0.588. The van der Waals surface area contributed by atoms with Crippen LogP contribution < -0.4 is 15.5 Å². The fourth-order valence-corrected chi connectivity index (χ4v) is 4.08. The van der Waals surface area contributed by atoms with E-state index in [1.54, 1.807) is 35.8 Å². The molecule has 0 radical (unpaired) electrons. The molecule has 0 aliphatic carbocycles. The van der Waals surface area contributed by atoms with Crippen LogP contribution in [0.4, 0.5) is 0 Å². The quantitative estimate of drug-likeness (QED) is 0.285. The molecule has 0 aromatic heterocycles. The summed E-state index contributed by atoms with van der Waals surface area (Å²) in [5.41, 5.74) is 3.19. The van der Waals surface area contributed by atoms with E-state index in [4.69, 9.17) is 9.94 Å². The molecule has 0 spiro atoms. The Labute approximate surface area is 199 Å². The molecule has 3 N–H and O–H groups in total. The molecule has 1 aliphatic rings. The summed E-state index contributed by atoms with van der Waals surface area (Å²) in [7, 11) is 2.09. The number of benzene rings is 3. The minimum absolute atomic E-state index is 0.103. The van der Waals surface area contributed by atoms with Crippen molar-refractivity contribution in [3.05, 3.63) is 83.4 Å². The number of hydroxylamine groups is 1. The lowest BCUT2D eigenvalue weighted by molar-refractivity contribution is -0.118. The molecule has 0 atom stereocenters. The Bertz CT molecular complexity index is 1180. The zero-order chi connectivity index (χ0) is 23.9. The fraction of sp³-hybridized carbons (Fsp3) is 0.259. The standard InChI is InChI=1S/C27H29N3O4/c1-30-15-13-23(14-16-30)28-26(31)22(17-19-9-11-21(12-10-19)27(32)29-33)18-34-25-8-4-6-20-5-2-3-7-24(20)25/h2-12,17,23,33H,13-16,18H2,1H3,(H,28,31)(H,29,32). The monoisotopic (exact) mass is 459 g/mol. The Morgan fingerprint density at radius 2 is 1.74 bits per heavy atom. The number of hydrogen-bond acceptors (Lipinski definition) is 5. The average molecular weight is 460 g/mol. The van der Waals surface area contributed by atoms with E-state index < -0.39 is 5.91 Å². The van der Waals surface area contributed by atoms with Crippen molar-refractivity contribution in [3.8, 4) is 5.75 Å². The van der Waals surface area contributed by atoms with Gasteiger partial charge >= 0.3 is 0 Å². The van der Waals surface area contributed by atoms with Gasteiger partial charge in [-0.05, 0) is 68.2 Å². The van der Waals surface area contributed by atoms with E-state index in [0.717, 1.165) is 42.3 Å². The van der Waals surface area contributed by atoms with Crippen molar-refractivity contribution in [1.82, 2.24) is 15.7 Å². The van der Waals surface area contributed by atoms with E-state index in [9.17, 15) is 9.59 Å². The molecule has 34 heavy (non-hydrogen) atoms. The smallest absolute Gasteiger partial charge is 0.274 e. The van der Waals surface area contributed by atoms with Gasteiger partial charge in [0.15, 0.2) is 0 Å². The van der Waals surface area contributed by atoms with Crippen LogP contribution in [0.2, 0.25) is 0 Å². The second-order valence-corrected chi connectivity index (χ2v) is 8.55. The van der Waals surface area contributed by atoms with Gasteiger partial charge in [-0.2, -0.15) is 0 Å².